The van der Waals surface area contributed by atoms with Gasteiger partial charge in [0.15, 0.2) is 0 Å². The minimum atomic E-state index is -0.453. The van der Waals surface area contributed by atoms with E-state index in [1.54, 1.807) is 19.1 Å². The van der Waals surface area contributed by atoms with Crippen LogP contribution in [0, 0.1) is 6.92 Å². The summed E-state index contributed by atoms with van der Waals surface area (Å²) in [4.78, 5) is 17.9. The van der Waals surface area contributed by atoms with Gasteiger partial charge in [-0.1, -0.05) is 23.2 Å². The van der Waals surface area contributed by atoms with Crippen molar-refractivity contribution in [2.75, 3.05) is 5.73 Å². The number of halogens is 2. The van der Waals surface area contributed by atoms with Gasteiger partial charge in [0, 0.05) is 6.07 Å². The molecule has 0 saturated carbocycles. The standard InChI is InChI=1S/C11H9Cl2N3O2/c1-5-9(10(17)16-11(14)15-5)18-6-2-3-7(12)8(13)4-6/h2-4H,1H3,(H3,14,15,16,17). The molecule has 94 valence electrons. The number of hydrogen-bond donors (Lipinski definition) is 2. The minimum Gasteiger partial charge on any atom is -0.450 e. The normalized spacial score (nSPS) is 10.4. The Balaban J connectivity index is 2.40. The van der Waals surface area contributed by atoms with Crippen LogP contribution < -0.4 is 16.0 Å². The average Bonchev–Trinajstić information content (AvgIpc) is 2.28. The van der Waals surface area contributed by atoms with E-state index < -0.39 is 5.56 Å². The summed E-state index contributed by atoms with van der Waals surface area (Å²) in [5.74, 6) is 0.506. The van der Waals surface area contributed by atoms with Crippen LogP contribution in [0.5, 0.6) is 11.5 Å². The molecule has 2 aromatic rings. The number of anilines is 1. The first kappa shape index (κ1) is 12.7. The largest absolute Gasteiger partial charge is 0.450 e. The molecular formula is C11H9Cl2N3O2. The molecule has 5 nitrogen and oxygen atoms in total. The Bertz CT molecular complexity index is 655. The first-order chi connectivity index (χ1) is 8.47. The third-order valence-electron chi connectivity index (χ3n) is 2.18. The fourth-order valence-electron chi connectivity index (χ4n) is 1.38. The summed E-state index contributed by atoms with van der Waals surface area (Å²) in [6.45, 7) is 1.62. The van der Waals surface area contributed by atoms with Gasteiger partial charge < -0.3 is 10.5 Å². The predicted octanol–water partition coefficient (Wildman–Crippen LogP) is 2.76. The van der Waals surface area contributed by atoms with Crippen molar-refractivity contribution >= 4 is 29.2 Å². The number of nitrogens with zero attached hydrogens (tertiary/aromatic N) is 1. The van der Waals surface area contributed by atoms with Gasteiger partial charge in [0.25, 0.3) is 5.56 Å². The van der Waals surface area contributed by atoms with Crippen LogP contribution in [-0.4, -0.2) is 9.97 Å². The number of rotatable bonds is 2. The van der Waals surface area contributed by atoms with Crippen molar-refractivity contribution in [3.8, 4) is 11.5 Å². The van der Waals surface area contributed by atoms with E-state index in [9.17, 15) is 4.79 Å². The lowest BCUT2D eigenvalue weighted by Gasteiger charge is -2.08. The van der Waals surface area contributed by atoms with Crippen molar-refractivity contribution < 1.29 is 4.74 Å². The Hall–Kier alpha value is -1.72. The predicted molar refractivity (Wildman–Crippen MR) is 70.5 cm³/mol. The van der Waals surface area contributed by atoms with Crippen LogP contribution >= 0.6 is 23.2 Å². The second-order valence-electron chi connectivity index (χ2n) is 3.54. The number of benzene rings is 1. The highest BCUT2D eigenvalue weighted by atomic mass is 35.5. The number of aryl methyl sites for hydroxylation is 1. The molecule has 0 fully saturated rings. The highest BCUT2D eigenvalue weighted by Gasteiger charge is 2.10. The summed E-state index contributed by atoms with van der Waals surface area (Å²) in [5, 5.41) is 0.747. The van der Waals surface area contributed by atoms with Crippen LogP contribution in [0.2, 0.25) is 10.0 Å². The van der Waals surface area contributed by atoms with Crippen molar-refractivity contribution in [2.45, 2.75) is 6.92 Å². The van der Waals surface area contributed by atoms with Crippen molar-refractivity contribution in [3.63, 3.8) is 0 Å². The van der Waals surface area contributed by atoms with Crippen LogP contribution in [0.3, 0.4) is 0 Å². The molecule has 18 heavy (non-hydrogen) atoms. The number of nitrogen functional groups attached to an aromatic ring is 1. The Labute approximate surface area is 113 Å². The van der Waals surface area contributed by atoms with Gasteiger partial charge in [-0.05, 0) is 19.1 Å². The van der Waals surface area contributed by atoms with Crippen LogP contribution in [0.1, 0.15) is 5.69 Å². The SMILES string of the molecule is Cc1nc(N)[nH]c(=O)c1Oc1ccc(Cl)c(Cl)c1. The van der Waals surface area contributed by atoms with Crippen molar-refractivity contribution in [2.24, 2.45) is 0 Å². The molecule has 7 heteroatoms. The van der Waals surface area contributed by atoms with Gasteiger partial charge in [0.05, 0.1) is 15.7 Å². The van der Waals surface area contributed by atoms with Gasteiger partial charge in [-0.15, -0.1) is 0 Å². The lowest BCUT2D eigenvalue weighted by Crippen LogP contribution is -2.14. The zero-order valence-electron chi connectivity index (χ0n) is 9.33. The third kappa shape index (κ3) is 2.57. The number of hydrogen-bond acceptors (Lipinski definition) is 4. The zero-order chi connectivity index (χ0) is 13.3. The third-order valence-corrected chi connectivity index (χ3v) is 2.91. The quantitative estimate of drug-likeness (QED) is 0.889. The van der Waals surface area contributed by atoms with Crippen LogP contribution in [-0.2, 0) is 0 Å². The van der Waals surface area contributed by atoms with Gasteiger partial charge in [-0.3, -0.25) is 9.78 Å². The molecule has 3 N–H and O–H groups in total. The molecule has 0 bridgehead atoms. The maximum Gasteiger partial charge on any atom is 0.295 e. The number of ether oxygens (including phenoxy) is 1. The molecule has 1 aromatic carbocycles. The van der Waals surface area contributed by atoms with E-state index in [-0.39, 0.29) is 11.7 Å². The molecule has 1 aromatic heterocycles. The molecule has 2 rings (SSSR count). The summed E-state index contributed by atoms with van der Waals surface area (Å²) < 4.78 is 5.43. The Kier molecular flexibility index (Phi) is 3.45. The zero-order valence-corrected chi connectivity index (χ0v) is 10.8. The fourth-order valence-corrected chi connectivity index (χ4v) is 1.66. The average molecular weight is 286 g/mol. The molecule has 0 aliphatic carbocycles. The topological polar surface area (TPSA) is 81.0 Å². The van der Waals surface area contributed by atoms with E-state index in [0.29, 0.717) is 21.5 Å². The molecular weight excluding hydrogens is 277 g/mol. The first-order valence-corrected chi connectivity index (χ1v) is 5.72. The highest BCUT2D eigenvalue weighted by molar-refractivity contribution is 6.42. The molecule has 0 amide bonds. The van der Waals surface area contributed by atoms with Crippen LogP contribution in [0.25, 0.3) is 0 Å². The molecule has 0 unspecified atom stereocenters. The summed E-state index contributed by atoms with van der Waals surface area (Å²) in [7, 11) is 0. The molecule has 0 radical (unpaired) electrons. The lowest BCUT2D eigenvalue weighted by molar-refractivity contribution is 0.467. The maximum absolute atomic E-state index is 11.7. The molecule has 0 aliphatic rings. The van der Waals surface area contributed by atoms with E-state index in [4.69, 9.17) is 33.7 Å². The summed E-state index contributed by atoms with van der Waals surface area (Å²) in [6, 6.07) is 4.69. The van der Waals surface area contributed by atoms with E-state index in [1.807, 2.05) is 0 Å². The van der Waals surface area contributed by atoms with Gasteiger partial charge >= 0.3 is 0 Å². The number of H-pyrrole nitrogens is 1. The molecule has 0 atom stereocenters. The number of nitrogens with one attached hydrogen (secondary N) is 1. The minimum absolute atomic E-state index is 0.0407. The summed E-state index contributed by atoms with van der Waals surface area (Å²) in [6.07, 6.45) is 0. The highest BCUT2D eigenvalue weighted by Crippen LogP contribution is 2.28. The molecule has 0 aliphatic heterocycles. The monoisotopic (exact) mass is 285 g/mol. The Morgan fingerprint density at radius 3 is 2.67 bits per heavy atom. The summed E-state index contributed by atoms with van der Waals surface area (Å²) in [5.41, 5.74) is 5.34. The van der Waals surface area contributed by atoms with E-state index in [0.717, 1.165) is 0 Å². The molecule has 0 saturated heterocycles. The summed E-state index contributed by atoms with van der Waals surface area (Å²) >= 11 is 11.6. The van der Waals surface area contributed by atoms with Crippen molar-refractivity contribution in [1.29, 1.82) is 0 Å². The van der Waals surface area contributed by atoms with E-state index in [1.165, 1.54) is 6.07 Å². The molecule has 0 spiro atoms. The smallest absolute Gasteiger partial charge is 0.295 e. The van der Waals surface area contributed by atoms with E-state index in [2.05, 4.69) is 9.97 Å². The molecule has 1 heterocycles. The van der Waals surface area contributed by atoms with Gasteiger partial charge in [0.2, 0.25) is 11.7 Å². The van der Waals surface area contributed by atoms with Gasteiger partial charge in [0.1, 0.15) is 5.75 Å². The van der Waals surface area contributed by atoms with Crippen molar-refractivity contribution in [1.82, 2.24) is 9.97 Å². The fraction of sp³-hybridized carbons (Fsp3) is 0.0909. The maximum atomic E-state index is 11.7. The van der Waals surface area contributed by atoms with Gasteiger partial charge in [-0.2, -0.15) is 0 Å². The first-order valence-electron chi connectivity index (χ1n) is 4.96. The second kappa shape index (κ2) is 4.88. The van der Waals surface area contributed by atoms with Crippen LogP contribution in [0.4, 0.5) is 5.95 Å². The number of aromatic nitrogens is 2. The second-order valence-corrected chi connectivity index (χ2v) is 4.36. The Morgan fingerprint density at radius 2 is 2.06 bits per heavy atom. The Morgan fingerprint density at radius 1 is 1.33 bits per heavy atom. The van der Waals surface area contributed by atoms with E-state index >= 15 is 0 Å². The van der Waals surface area contributed by atoms with Gasteiger partial charge in [-0.25, -0.2) is 4.98 Å². The number of aromatic amines is 1. The lowest BCUT2D eigenvalue weighted by atomic mass is 10.3. The number of nitrogens with two attached hydrogens (primary N) is 1. The van der Waals surface area contributed by atoms with Crippen LogP contribution in [0.15, 0.2) is 23.0 Å². The van der Waals surface area contributed by atoms with Crippen molar-refractivity contribution in [3.05, 3.63) is 44.3 Å².